The van der Waals surface area contributed by atoms with Gasteiger partial charge in [-0.25, -0.2) is 4.79 Å². The number of benzene rings is 2. The average molecular weight is 504 g/mol. The third kappa shape index (κ3) is 6.42. The van der Waals surface area contributed by atoms with E-state index in [2.05, 4.69) is 10.3 Å². The van der Waals surface area contributed by atoms with E-state index in [-0.39, 0.29) is 23.7 Å². The van der Waals surface area contributed by atoms with Gasteiger partial charge in [0.1, 0.15) is 23.6 Å². The van der Waals surface area contributed by atoms with Crippen molar-refractivity contribution in [1.29, 1.82) is 0 Å². The maximum absolute atomic E-state index is 13.3. The van der Waals surface area contributed by atoms with Gasteiger partial charge in [0, 0.05) is 17.1 Å². The Balaban J connectivity index is 1.96. The van der Waals surface area contributed by atoms with Crippen LogP contribution < -0.4 is 14.8 Å². The van der Waals surface area contributed by atoms with Crippen LogP contribution in [-0.2, 0) is 17.8 Å². The normalized spacial score (nSPS) is 11.8. The van der Waals surface area contributed by atoms with Crippen molar-refractivity contribution in [3.05, 3.63) is 65.5 Å². The number of fused-ring (bicyclic) bond motifs is 1. The van der Waals surface area contributed by atoms with Crippen molar-refractivity contribution in [3.63, 3.8) is 0 Å². The largest absolute Gasteiger partial charge is 0.487 e. The summed E-state index contributed by atoms with van der Waals surface area (Å²) >= 11 is 0. The second-order valence-electron chi connectivity index (χ2n) is 8.47. The Kier molecular flexibility index (Phi) is 7.90. The molecule has 1 heterocycles. The summed E-state index contributed by atoms with van der Waals surface area (Å²) in [7, 11) is 1.44. The number of aliphatic carboxylic acids is 1. The fourth-order valence-electron chi connectivity index (χ4n) is 3.45. The highest BCUT2D eigenvalue weighted by atomic mass is 31.0. The summed E-state index contributed by atoms with van der Waals surface area (Å²) in [5, 5.41) is 13.4. The van der Waals surface area contributed by atoms with Crippen molar-refractivity contribution in [2.24, 2.45) is 0 Å². The zero-order chi connectivity index (χ0) is 25.8. The van der Waals surface area contributed by atoms with E-state index in [1.54, 1.807) is 24.3 Å². The first-order valence-corrected chi connectivity index (χ1v) is 11.5. The number of nitrogens with zero attached hydrogens (tertiary/aromatic N) is 1. The van der Waals surface area contributed by atoms with E-state index in [0.717, 1.165) is 5.39 Å². The van der Waals surface area contributed by atoms with E-state index < -0.39 is 29.7 Å². The van der Waals surface area contributed by atoms with Gasteiger partial charge in [0.2, 0.25) is 0 Å². The molecule has 2 N–H and O–H groups in total. The minimum atomic E-state index is -3.07. The molecule has 0 spiro atoms. The zero-order valence-electron chi connectivity index (χ0n) is 19.6. The molecule has 0 saturated heterocycles. The fourth-order valence-corrected chi connectivity index (χ4v) is 3.53. The molecular formula is C25H27F2N2O5P. The molecule has 1 unspecified atom stereocenters. The van der Waals surface area contributed by atoms with Gasteiger partial charge in [-0.1, -0.05) is 46.5 Å². The lowest BCUT2D eigenvalue weighted by Crippen LogP contribution is -2.49. The number of amides is 1. The van der Waals surface area contributed by atoms with Crippen LogP contribution in [0.25, 0.3) is 10.8 Å². The van der Waals surface area contributed by atoms with Crippen molar-refractivity contribution < 1.29 is 33.0 Å². The second-order valence-corrected chi connectivity index (χ2v) is 9.32. The van der Waals surface area contributed by atoms with Crippen LogP contribution in [0.2, 0.25) is 0 Å². The number of alkyl halides is 2. The maximum atomic E-state index is 13.3. The standard InChI is InChI=1S/C25H27F2N2O5P/c1-4-16-19(28-12-11-20(16)34-14-25(26,27)35)13-33-21-17-8-6-5-7-15(17)9-10-18(21)22(30)29-24(2,3)23(31)32/h5-12H,4,13-14,35H2,1-3H3,(H,29,30)(H,31,32). The lowest BCUT2D eigenvalue weighted by atomic mass is 10.0. The minimum Gasteiger partial charge on any atom is -0.487 e. The topological polar surface area (TPSA) is 97.8 Å². The van der Waals surface area contributed by atoms with Crippen LogP contribution in [0.4, 0.5) is 8.78 Å². The molecule has 3 rings (SSSR count). The van der Waals surface area contributed by atoms with Gasteiger partial charge in [0.05, 0.1) is 11.3 Å². The van der Waals surface area contributed by atoms with Gasteiger partial charge in [-0.15, -0.1) is 0 Å². The van der Waals surface area contributed by atoms with Crippen molar-refractivity contribution in [3.8, 4) is 11.5 Å². The van der Waals surface area contributed by atoms with Crippen molar-refractivity contribution in [2.45, 2.75) is 45.0 Å². The number of rotatable bonds is 10. The summed E-state index contributed by atoms with van der Waals surface area (Å²) in [5.74, 6) is -1.25. The second kappa shape index (κ2) is 10.5. The van der Waals surface area contributed by atoms with Gasteiger partial charge < -0.3 is 19.9 Å². The number of carbonyl (C=O) groups excluding carboxylic acids is 1. The molecule has 35 heavy (non-hydrogen) atoms. The summed E-state index contributed by atoms with van der Waals surface area (Å²) in [4.78, 5) is 28.9. The Hall–Kier alpha value is -3.32. The Morgan fingerprint density at radius 3 is 2.49 bits per heavy atom. The number of carboxylic acids is 1. The molecule has 3 aromatic rings. The molecule has 0 radical (unpaired) electrons. The molecule has 186 valence electrons. The smallest absolute Gasteiger partial charge is 0.328 e. The van der Waals surface area contributed by atoms with Crippen LogP contribution in [0.15, 0.2) is 48.7 Å². The van der Waals surface area contributed by atoms with E-state index in [0.29, 0.717) is 23.1 Å². The number of nitrogens with one attached hydrogen (secondary N) is 1. The lowest BCUT2D eigenvalue weighted by molar-refractivity contribution is -0.143. The fraction of sp³-hybridized carbons (Fsp3) is 0.320. The summed E-state index contributed by atoms with van der Waals surface area (Å²) in [6.07, 6.45) is 1.90. The highest BCUT2D eigenvalue weighted by Crippen LogP contribution is 2.32. The van der Waals surface area contributed by atoms with E-state index in [1.165, 1.54) is 35.4 Å². The molecule has 0 aliphatic rings. The maximum Gasteiger partial charge on any atom is 0.328 e. The molecule has 0 aliphatic heterocycles. The number of carbonyl (C=O) groups is 2. The van der Waals surface area contributed by atoms with Gasteiger partial charge in [0.15, 0.2) is 6.61 Å². The number of aromatic nitrogens is 1. The first kappa shape index (κ1) is 26.3. The minimum absolute atomic E-state index is 0.0613. The third-order valence-electron chi connectivity index (χ3n) is 5.31. The van der Waals surface area contributed by atoms with Crippen molar-refractivity contribution >= 4 is 31.9 Å². The number of hydrogen-bond donors (Lipinski definition) is 2. The molecule has 0 saturated carbocycles. The predicted molar refractivity (Wildman–Crippen MR) is 131 cm³/mol. The Morgan fingerprint density at radius 1 is 1.11 bits per heavy atom. The van der Waals surface area contributed by atoms with Crippen LogP contribution in [0.5, 0.6) is 11.5 Å². The molecule has 1 aromatic heterocycles. The van der Waals surface area contributed by atoms with Crippen LogP contribution in [0, 0.1) is 0 Å². The zero-order valence-corrected chi connectivity index (χ0v) is 20.8. The number of hydrogen-bond acceptors (Lipinski definition) is 5. The number of pyridine rings is 1. The molecule has 0 aliphatic carbocycles. The molecule has 10 heteroatoms. The van der Waals surface area contributed by atoms with Gasteiger partial charge in [-0.3, -0.25) is 9.78 Å². The van der Waals surface area contributed by atoms with E-state index in [9.17, 15) is 23.5 Å². The first-order valence-electron chi connectivity index (χ1n) is 10.9. The van der Waals surface area contributed by atoms with Crippen molar-refractivity contribution in [2.75, 3.05) is 6.61 Å². The molecule has 7 nitrogen and oxygen atoms in total. The Bertz CT molecular complexity index is 1240. The SMILES string of the molecule is CCc1c(OCC(F)(F)P)ccnc1COc1c(C(=O)NC(C)(C)C(=O)O)ccc2ccccc12. The van der Waals surface area contributed by atoms with Gasteiger partial charge in [0.25, 0.3) is 11.6 Å². The summed E-state index contributed by atoms with van der Waals surface area (Å²) in [6.45, 7) is 3.75. The molecule has 2 aromatic carbocycles. The Morgan fingerprint density at radius 2 is 1.83 bits per heavy atom. The van der Waals surface area contributed by atoms with Gasteiger partial charge in [-0.05, 0) is 37.8 Å². The van der Waals surface area contributed by atoms with Crippen LogP contribution in [0.3, 0.4) is 0 Å². The monoisotopic (exact) mass is 504 g/mol. The molecular weight excluding hydrogens is 477 g/mol. The Labute approximate surface area is 204 Å². The molecule has 0 bridgehead atoms. The summed E-state index contributed by atoms with van der Waals surface area (Å²) in [6, 6.07) is 12.1. The van der Waals surface area contributed by atoms with Crippen LogP contribution in [-0.4, -0.2) is 39.8 Å². The molecule has 1 amide bonds. The average Bonchev–Trinajstić information content (AvgIpc) is 2.80. The number of halogens is 2. The highest BCUT2D eigenvalue weighted by Gasteiger charge is 2.31. The first-order chi connectivity index (χ1) is 16.4. The summed E-state index contributed by atoms with van der Waals surface area (Å²) < 4.78 is 38.0. The lowest BCUT2D eigenvalue weighted by Gasteiger charge is -2.22. The third-order valence-corrected chi connectivity index (χ3v) is 5.48. The van der Waals surface area contributed by atoms with Gasteiger partial charge >= 0.3 is 5.97 Å². The van der Waals surface area contributed by atoms with Crippen LogP contribution >= 0.6 is 9.24 Å². The van der Waals surface area contributed by atoms with Crippen LogP contribution in [0.1, 0.15) is 42.4 Å². The van der Waals surface area contributed by atoms with Gasteiger partial charge in [-0.2, -0.15) is 8.78 Å². The predicted octanol–water partition coefficient (Wildman–Crippen LogP) is 4.82. The van der Waals surface area contributed by atoms with E-state index in [1.807, 2.05) is 19.1 Å². The quantitative estimate of drug-likeness (QED) is 0.385. The van der Waals surface area contributed by atoms with Crippen molar-refractivity contribution in [1.82, 2.24) is 10.3 Å². The number of carboxylic acid groups (broad SMARTS) is 1. The highest BCUT2D eigenvalue weighted by molar-refractivity contribution is 7.18. The van der Waals surface area contributed by atoms with E-state index >= 15 is 0 Å². The summed E-state index contributed by atoms with van der Waals surface area (Å²) in [5.41, 5.74) is -3.32. The molecule has 0 fully saturated rings. The van der Waals surface area contributed by atoms with E-state index in [4.69, 9.17) is 9.47 Å². The molecule has 1 atom stereocenters. The number of ether oxygens (including phenoxy) is 2.